The normalized spacial score (nSPS) is 12.2. The molecular weight excluding hydrogens is 314 g/mol. The van der Waals surface area contributed by atoms with Crippen molar-refractivity contribution in [3.63, 3.8) is 0 Å². The highest BCUT2D eigenvalue weighted by atomic mass is 14.7. The fourth-order valence-corrected chi connectivity index (χ4v) is 3.00. The number of allylic oxidation sites excluding steroid dienone is 1. The molecule has 0 N–H and O–H groups in total. The lowest BCUT2D eigenvalue weighted by Gasteiger charge is -2.07. The molecule has 3 aromatic carbocycles. The Hall–Kier alpha value is -2.93. The standard InChI is InChI=1S/C25H25N/c1-20(16-22-10-5-3-6-11-22)17-24-14-9-15-25(18-24)21(2)26-19-23-12-7-4-8-13-23/h3-16,18H,17,19H2,1-2H3/b20-16+,26-21?. The van der Waals surface area contributed by atoms with Crippen LogP contribution in [-0.2, 0) is 13.0 Å². The van der Waals surface area contributed by atoms with E-state index in [1.807, 2.05) is 12.1 Å². The van der Waals surface area contributed by atoms with Gasteiger partial charge in [-0.1, -0.05) is 90.5 Å². The minimum absolute atomic E-state index is 0.726. The van der Waals surface area contributed by atoms with Crippen LogP contribution in [0.15, 0.2) is 95.5 Å². The molecule has 1 nitrogen and oxygen atoms in total. The number of hydrogen-bond acceptors (Lipinski definition) is 1. The van der Waals surface area contributed by atoms with Crippen LogP contribution in [0.4, 0.5) is 0 Å². The maximum atomic E-state index is 4.75. The van der Waals surface area contributed by atoms with Crippen LogP contribution in [0.25, 0.3) is 6.08 Å². The molecule has 0 spiro atoms. The Morgan fingerprint density at radius 3 is 2.15 bits per heavy atom. The van der Waals surface area contributed by atoms with Crippen molar-refractivity contribution in [2.45, 2.75) is 26.8 Å². The van der Waals surface area contributed by atoms with E-state index in [0.717, 1.165) is 18.7 Å². The zero-order chi connectivity index (χ0) is 18.2. The Morgan fingerprint density at radius 1 is 0.769 bits per heavy atom. The molecule has 0 saturated heterocycles. The molecule has 0 aliphatic carbocycles. The van der Waals surface area contributed by atoms with E-state index in [4.69, 9.17) is 4.99 Å². The Balaban J connectivity index is 1.70. The molecule has 26 heavy (non-hydrogen) atoms. The summed E-state index contributed by atoms with van der Waals surface area (Å²) >= 11 is 0. The summed E-state index contributed by atoms with van der Waals surface area (Å²) in [5, 5.41) is 0. The second kappa shape index (κ2) is 8.96. The van der Waals surface area contributed by atoms with Crippen molar-refractivity contribution in [2.75, 3.05) is 0 Å². The largest absolute Gasteiger partial charge is 0.285 e. The summed E-state index contributed by atoms with van der Waals surface area (Å²) in [7, 11) is 0. The van der Waals surface area contributed by atoms with Gasteiger partial charge in [-0.3, -0.25) is 4.99 Å². The van der Waals surface area contributed by atoms with Crippen LogP contribution < -0.4 is 0 Å². The first kappa shape index (κ1) is 17.9. The van der Waals surface area contributed by atoms with Crippen molar-refractivity contribution in [1.29, 1.82) is 0 Å². The molecule has 0 saturated carbocycles. The summed E-state index contributed by atoms with van der Waals surface area (Å²) in [4.78, 5) is 4.75. The molecule has 0 bridgehead atoms. The topological polar surface area (TPSA) is 12.4 Å². The van der Waals surface area contributed by atoms with Crippen LogP contribution in [-0.4, -0.2) is 5.71 Å². The molecular formula is C25H25N. The van der Waals surface area contributed by atoms with Crippen molar-refractivity contribution in [2.24, 2.45) is 4.99 Å². The first-order chi connectivity index (χ1) is 12.7. The number of nitrogens with zero attached hydrogens (tertiary/aromatic N) is 1. The van der Waals surface area contributed by atoms with Gasteiger partial charge >= 0.3 is 0 Å². The minimum Gasteiger partial charge on any atom is -0.285 e. The fourth-order valence-electron chi connectivity index (χ4n) is 3.00. The summed E-state index contributed by atoms with van der Waals surface area (Å²) in [6.07, 6.45) is 3.21. The molecule has 3 rings (SSSR count). The van der Waals surface area contributed by atoms with E-state index >= 15 is 0 Å². The zero-order valence-corrected chi connectivity index (χ0v) is 15.5. The molecule has 0 heterocycles. The van der Waals surface area contributed by atoms with Gasteiger partial charge in [0.1, 0.15) is 0 Å². The van der Waals surface area contributed by atoms with Crippen molar-refractivity contribution < 1.29 is 0 Å². The fraction of sp³-hybridized carbons (Fsp3) is 0.160. The van der Waals surface area contributed by atoms with Crippen molar-refractivity contribution >= 4 is 11.8 Å². The third-order valence-corrected chi connectivity index (χ3v) is 4.38. The van der Waals surface area contributed by atoms with Gasteiger partial charge in [-0.2, -0.15) is 0 Å². The average Bonchev–Trinajstić information content (AvgIpc) is 2.68. The molecule has 0 radical (unpaired) electrons. The molecule has 0 aliphatic heterocycles. The third kappa shape index (κ3) is 5.29. The van der Waals surface area contributed by atoms with Gasteiger partial charge in [-0.25, -0.2) is 0 Å². The number of rotatable bonds is 6. The first-order valence-electron chi connectivity index (χ1n) is 9.07. The number of aliphatic imine (C=N–C) groups is 1. The third-order valence-electron chi connectivity index (χ3n) is 4.38. The summed E-state index contributed by atoms with van der Waals surface area (Å²) in [6, 6.07) is 29.6. The van der Waals surface area contributed by atoms with Crippen LogP contribution in [0, 0.1) is 0 Å². The Kier molecular flexibility index (Phi) is 6.16. The second-order valence-corrected chi connectivity index (χ2v) is 6.67. The maximum absolute atomic E-state index is 4.75. The average molecular weight is 339 g/mol. The second-order valence-electron chi connectivity index (χ2n) is 6.67. The number of benzene rings is 3. The lowest BCUT2D eigenvalue weighted by Crippen LogP contribution is -1.98. The monoisotopic (exact) mass is 339 g/mol. The summed E-state index contributed by atoms with van der Waals surface area (Å²) in [6.45, 7) is 5.01. The van der Waals surface area contributed by atoms with Gasteiger partial charge in [0.15, 0.2) is 0 Å². The van der Waals surface area contributed by atoms with Gasteiger partial charge in [0.05, 0.1) is 6.54 Å². The Morgan fingerprint density at radius 2 is 1.42 bits per heavy atom. The van der Waals surface area contributed by atoms with Crippen molar-refractivity contribution in [1.82, 2.24) is 0 Å². The van der Waals surface area contributed by atoms with Gasteiger partial charge in [-0.15, -0.1) is 0 Å². The van der Waals surface area contributed by atoms with Gasteiger partial charge < -0.3 is 0 Å². The van der Waals surface area contributed by atoms with Gasteiger partial charge in [-0.05, 0) is 48.6 Å². The first-order valence-corrected chi connectivity index (χ1v) is 9.07. The SMILES string of the molecule is CC(=NCc1ccccc1)c1cccc(C/C(C)=C/c2ccccc2)c1. The summed E-state index contributed by atoms with van der Waals surface area (Å²) in [5.74, 6) is 0. The Labute approximate surface area is 156 Å². The highest BCUT2D eigenvalue weighted by Crippen LogP contribution is 2.15. The Bertz CT molecular complexity index is 890. The lowest BCUT2D eigenvalue weighted by molar-refractivity contribution is 1.06. The van der Waals surface area contributed by atoms with E-state index in [0.29, 0.717) is 0 Å². The minimum atomic E-state index is 0.726. The van der Waals surface area contributed by atoms with Gasteiger partial charge in [0.2, 0.25) is 0 Å². The van der Waals surface area contributed by atoms with E-state index in [2.05, 4.69) is 92.7 Å². The highest BCUT2D eigenvalue weighted by Gasteiger charge is 2.01. The van der Waals surface area contributed by atoms with E-state index in [-0.39, 0.29) is 0 Å². The summed E-state index contributed by atoms with van der Waals surface area (Å²) < 4.78 is 0. The molecule has 0 atom stereocenters. The lowest BCUT2D eigenvalue weighted by atomic mass is 10.0. The zero-order valence-electron chi connectivity index (χ0n) is 15.5. The summed E-state index contributed by atoms with van der Waals surface area (Å²) in [5.41, 5.74) is 7.45. The molecule has 0 aliphatic rings. The van der Waals surface area contributed by atoms with Crippen LogP contribution in [0.2, 0.25) is 0 Å². The quantitative estimate of drug-likeness (QED) is 0.465. The molecule has 0 amide bonds. The molecule has 0 fully saturated rings. The van der Waals surface area contributed by atoms with Crippen molar-refractivity contribution in [3.8, 4) is 0 Å². The predicted octanol–water partition coefficient (Wildman–Crippen LogP) is 6.34. The van der Waals surface area contributed by atoms with Crippen LogP contribution >= 0.6 is 0 Å². The molecule has 1 heteroatoms. The molecule has 0 aromatic heterocycles. The van der Waals surface area contributed by atoms with Crippen LogP contribution in [0.5, 0.6) is 0 Å². The van der Waals surface area contributed by atoms with E-state index < -0.39 is 0 Å². The van der Waals surface area contributed by atoms with Crippen LogP contribution in [0.3, 0.4) is 0 Å². The highest BCUT2D eigenvalue weighted by molar-refractivity contribution is 5.98. The predicted molar refractivity (Wildman–Crippen MR) is 113 cm³/mol. The number of hydrogen-bond donors (Lipinski definition) is 0. The van der Waals surface area contributed by atoms with Crippen molar-refractivity contribution in [3.05, 3.63) is 113 Å². The van der Waals surface area contributed by atoms with E-state index in [1.165, 1.54) is 27.8 Å². The molecule has 0 unspecified atom stereocenters. The maximum Gasteiger partial charge on any atom is 0.0643 e. The molecule has 3 aromatic rings. The van der Waals surface area contributed by atoms with E-state index in [9.17, 15) is 0 Å². The van der Waals surface area contributed by atoms with Gasteiger partial charge in [0.25, 0.3) is 0 Å². The van der Waals surface area contributed by atoms with Gasteiger partial charge in [0, 0.05) is 5.71 Å². The smallest absolute Gasteiger partial charge is 0.0643 e. The molecule has 130 valence electrons. The van der Waals surface area contributed by atoms with E-state index in [1.54, 1.807) is 0 Å². The van der Waals surface area contributed by atoms with Crippen LogP contribution in [0.1, 0.15) is 36.1 Å².